The summed E-state index contributed by atoms with van der Waals surface area (Å²) in [5, 5.41) is 0. The molecule has 0 aliphatic heterocycles. The average molecular weight is 296 g/mol. The summed E-state index contributed by atoms with van der Waals surface area (Å²) in [5.41, 5.74) is -4.25. The largest absolute Gasteiger partial charge is 0.465 e. The molecule has 0 fully saturated rings. The predicted molar refractivity (Wildman–Crippen MR) is 57.7 cm³/mol. The van der Waals surface area contributed by atoms with Gasteiger partial charge >= 0.3 is 12.1 Å². The molecule has 0 radical (unpaired) electrons. The molecule has 0 saturated heterocycles. The van der Waals surface area contributed by atoms with Gasteiger partial charge in [-0.3, -0.25) is 4.79 Å². The molecule has 0 saturated carbocycles. The molecule has 110 valence electrons. The zero-order chi connectivity index (χ0) is 15.7. The standard InChI is InChI=1S/C12H9F5O3/c1-5(18)7-3-6(12(15,16)17)4-8(11(19)20-2)9(7)10(13)14/h3-4,10H,1-2H3. The van der Waals surface area contributed by atoms with E-state index in [2.05, 4.69) is 4.74 Å². The van der Waals surface area contributed by atoms with Crippen molar-refractivity contribution in [2.45, 2.75) is 19.5 Å². The number of ketones is 1. The van der Waals surface area contributed by atoms with Crippen molar-refractivity contribution in [2.75, 3.05) is 7.11 Å². The third kappa shape index (κ3) is 3.12. The van der Waals surface area contributed by atoms with Gasteiger partial charge in [0.05, 0.1) is 18.2 Å². The van der Waals surface area contributed by atoms with Crippen LogP contribution in [0.4, 0.5) is 22.0 Å². The number of ether oxygens (including phenoxy) is 1. The van der Waals surface area contributed by atoms with Crippen LogP contribution in [0.2, 0.25) is 0 Å². The predicted octanol–water partition coefficient (Wildman–Crippen LogP) is 3.63. The van der Waals surface area contributed by atoms with Gasteiger partial charge in [0.2, 0.25) is 0 Å². The molecule has 3 nitrogen and oxygen atoms in total. The summed E-state index contributed by atoms with van der Waals surface area (Å²) in [4.78, 5) is 22.6. The van der Waals surface area contributed by atoms with Gasteiger partial charge in [0, 0.05) is 11.1 Å². The van der Waals surface area contributed by atoms with Crippen molar-refractivity contribution in [3.63, 3.8) is 0 Å². The van der Waals surface area contributed by atoms with Gasteiger partial charge in [0.15, 0.2) is 5.78 Å². The van der Waals surface area contributed by atoms with Gasteiger partial charge in [0.25, 0.3) is 6.43 Å². The van der Waals surface area contributed by atoms with Gasteiger partial charge in [-0.2, -0.15) is 13.2 Å². The van der Waals surface area contributed by atoms with E-state index in [1.165, 1.54) is 0 Å². The van der Waals surface area contributed by atoms with Gasteiger partial charge < -0.3 is 4.74 Å². The molecule has 1 aromatic rings. The van der Waals surface area contributed by atoms with Crippen LogP contribution in [0.5, 0.6) is 0 Å². The average Bonchev–Trinajstić information content (AvgIpc) is 2.34. The maximum absolute atomic E-state index is 12.9. The summed E-state index contributed by atoms with van der Waals surface area (Å²) in [6.45, 7) is 0.836. The van der Waals surface area contributed by atoms with Gasteiger partial charge in [-0.05, 0) is 19.1 Å². The number of carbonyl (C=O) groups is 2. The summed E-state index contributed by atoms with van der Waals surface area (Å²) in [7, 11) is 0.839. The highest BCUT2D eigenvalue weighted by Gasteiger charge is 2.35. The summed E-state index contributed by atoms with van der Waals surface area (Å²) in [5.74, 6) is -2.37. The van der Waals surface area contributed by atoms with Crippen LogP contribution < -0.4 is 0 Å². The Labute approximate surface area is 110 Å². The van der Waals surface area contributed by atoms with Crippen LogP contribution in [-0.4, -0.2) is 18.9 Å². The van der Waals surface area contributed by atoms with Crippen LogP contribution in [0.1, 0.15) is 45.2 Å². The minimum Gasteiger partial charge on any atom is -0.465 e. The Morgan fingerprint density at radius 3 is 2.00 bits per heavy atom. The Kier molecular flexibility index (Phi) is 4.46. The minimum atomic E-state index is -4.88. The normalized spacial score (nSPS) is 11.6. The summed E-state index contributed by atoms with van der Waals surface area (Å²) >= 11 is 0. The summed E-state index contributed by atoms with van der Waals surface area (Å²) < 4.78 is 68.0. The Bertz CT molecular complexity index is 549. The number of methoxy groups -OCH3 is 1. The molecule has 1 rings (SSSR count). The van der Waals surface area contributed by atoms with Crippen LogP contribution in [0.15, 0.2) is 12.1 Å². The molecular weight excluding hydrogens is 287 g/mol. The molecule has 8 heteroatoms. The maximum Gasteiger partial charge on any atom is 0.416 e. The fourth-order valence-corrected chi connectivity index (χ4v) is 1.62. The Balaban J connectivity index is 3.73. The van der Waals surface area contributed by atoms with Crippen molar-refractivity contribution in [1.82, 2.24) is 0 Å². The first-order chi connectivity index (χ1) is 9.09. The molecule has 20 heavy (non-hydrogen) atoms. The van der Waals surface area contributed by atoms with Gasteiger partial charge in [-0.25, -0.2) is 13.6 Å². The fourth-order valence-electron chi connectivity index (χ4n) is 1.62. The van der Waals surface area contributed by atoms with Gasteiger partial charge in [-0.1, -0.05) is 0 Å². The van der Waals surface area contributed by atoms with E-state index in [0.29, 0.717) is 6.07 Å². The summed E-state index contributed by atoms with van der Waals surface area (Å²) in [6.07, 6.45) is -8.17. The first kappa shape index (κ1) is 16.1. The van der Waals surface area contributed by atoms with Crippen molar-refractivity contribution in [3.8, 4) is 0 Å². The van der Waals surface area contributed by atoms with Crippen LogP contribution in [0.3, 0.4) is 0 Å². The Morgan fingerprint density at radius 2 is 1.65 bits per heavy atom. The number of Topliss-reactive ketones (excluding diaryl/α,β-unsaturated/α-hetero) is 1. The zero-order valence-corrected chi connectivity index (χ0v) is 10.3. The van der Waals surface area contributed by atoms with Crippen molar-refractivity contribution >= 4 is 11.8 Å². The number of rotatable bonds is 3. The molecule has 0 amide bonds. The van der Waals surface area contributed by atoms with E-state index in [9.17, 15) is 31.5 Å². The number of benzene rings is 1. The number of hydrogen-bond donors (Lipinski definition) is 0. The maximum atomic E-state index is 12.9. The Hall–Kier alpha value is -1.99. The van der Waals surface area contributed by atoms with E-state index in [0.717, 1.165) is 14.0 Å². The lowest BCUT2D eigenvalue weighted by Crippen LogP contribution is -2.15. The smallest absolute Gasteiger partial charge is 0.416 e. The second-order valence-electron chi connectivity index (χ2n) is 3.83. The quantitative estimate of drug-likeness (QED) is 0.486. The van der Waals surface area contributed by atoms with Crippen molar-refractivity contribution in [3.05, 3.63) is 34.4 Å². The van der Waals surface area contributed by atoms with Crippen molar-refractivity contribution in [1.29, 1.82) is 0 Å². The van der Waals surface area contributed by atoms with Crippen molar-refractivity contribution < 1.29 is 36.3 Å². The molecular formula is C12H9F5O3. The van der Waals surface area contributed by atoms with Crippen LogP contribution >= 0.6 is 0 Å². The third-order valence-corrected chi connectivity index (χ3v) is 2.51. The molecule has 0 N–H and O–H groups in total. The van der Waals surface area contributed by atoms with E-state index in [1.54, 1.807) is 0 Å². The number of esters is 1. The lowest BCUT2D eigenvalue weighted by molar-refractivity contribution is -0.137. The highest BCUT2D eigenvalue weighted by atomic mass is 19.4. The first-order valence-corrected chi connectivity index (χ1v) is 5.22. The number of hydrogen-bond acceptors (Lipinski definition) is 3. The molecule has 0 spiro atoms. The molecule has 0 aliphatic carbocycles. The van der Waals surface area contributed by atoms with E-state index in [1.807, 2.05) is 0 Å². The fraction of sp³-hybridized carbons (Fsp3) is 0.333. The topological polar surface area (TPSA) is 43.4 Å². The molecule has 0 heterocycles. The number of halogens is 5. The molecule has 1 aromatic carbocycles. The van der Waals surface area contributed by atoms with Crippen LogP contribution in [-0.2, 0) is 10.9 Å². The minimum absolute atomic E-state index is 0.250. The zero-order valence-electron chi connectivity index (χ0n) is 10.3. The molecule has 0 aromatic heterocycles. The monoisotopic (exact) mass is 296 g/mol. The second-order valence-corrected chi connectivity index (χ2v) is 3.83. The van der Waals surface area contributed by atoms with Crippen molar-refractivity contribution in [2.24, 2.45) is 0 Å². The molecule has 0 atom stereocenters. The van der Waals surface area contributed by atoms with E-state index < -0.39 is 46.6 Å². The number of alkyl halides is 5. The van der Waals surface area contributed by atoms with E-state index in [4.69, 9.17) is 0 Å². The SMILES string of the molecule is COC(=O)c1cc(C(F)(F)F)cc(C(C)=O)c1C(F)F. The lowest BCUT2D eigenvalue weighted by atomic mass is 9.95. The summed E-state index contributed by atoms with van der Waals surface area (Å²) in [6, 6.07) is 0.552. The highest BCUT2D eigenvalue weighted by Crippen LogP contribution is 2.36. The van der Waals surface area contributed by atoms with E-state index >= 15 is 0 Å². The molecule has 0 unspecified atom stereocenters. The van der Waals surface area contributed by atoms with Gasteiger partial charge in [-0.15, -0.1) is 0 Å². The lowest BCUT2D eigenvalue weighted by Gasteiger charge is -2.15. The molecule has 0 aliphatic rings. The first-order valence-electron chi connectivity index (χ1n) is 5.22. The van der Waals surface area contributed by atoms with Gasteiger partial charge in [0.1, 0.15) is 0 Å². The highest BCUT2D eigenvalue weighted by molar-refractivity contribution is 6.01. The molecule has 0 bridgehead atoms. The van der Waals surface area contributed by atoms with E-state index in [-0.39, 0.29) is 6.07 Å². The number of carbonyl (C=O) groups excluding carboxylic acids is 2. The van der Waals surface area contributed by atoms with Crippen LogP contribution in [0.25, 0.3) is 0 Å². The second kappa shape index (κ2) is 5.56. The van der Waals surface area contributed by atoms with Crippen LogP contribution in [0, 0.1) is 0 Å². The Morgan fingerprint density at radius 1 is 1.15 bits per heavy atom. The third-order valence-electron chi connectivity index (χ3n) is 2.51.